The number of hydrogen-bond acceptors (Lipinski definition) is 9. The minimum Gasteiger partial charge on any atom is -0.355 e. The van der Waals surface area contributed by atoms with Crippen molar-refractivity contribution in [2.75, 3.05) is 29.5 Å². The summed E-state index contributed by atoms with van der Waals surface area (Å²) >= 11 is 2.98. The Bertz CT molecular complexity index is 911. The molecule has 3 rings (SSSR count). The van der Waals surface area contributed by atoms with E-state index in [4.69, 9.17) is 0 Å². The lowest BCUT2D eigenvalue weighted by atomic mass is 10.1. The number of fused-ring (bicyclic) bond motifs is 1. The summed E-state index contributed by atoms with van der Waals surface area (Å²) in [5.74, 6) is 1.74. The fourth-order valence-corrected chi connectivity index (χ4v) is 4.08. The summed E-state index contributed by atoms with van der Waals surface area (Å²) in [5.41, 5.74) is 1.23. The lowest BCUT2D eigenvalue weighted by Crippen LogP contribution is -2.35. The Kier molecular flexibility index (Phi) is 7.04. The van der Waals surface area contributed by atoms with E-state index in [1.54, 1.807) is 15.7 Å². The first-order valence-corrected chi connectivity index (χ1v) is 11.1. The molecule has 0 aliphatic carbocycles. The van der Waals surface area contributed by atoms with E-state index in [0.29, 0.717) is 35.9 Å². The molecular weight excluding hydrogens is 396 g/mol. The number of thioether (sulfide) groups is 1. The van der Waals surface area contributed by atoms with Crippen LogP contribution in [0.4, 0.5) is 11.9 Å². The van der Waals surface area contributed by atoms with E-state index in [0.717, 1.165) is 6.42 Å². The van der Waals surface area contributed by atoms with Crippen LogP contribution in [-0.2, 0) is 11.2 Å². The Morgan fingerprint density at radius 1 is 1.25 bits per heavy atom. The van der Waals surface area contributed by atoms with Gasteiger partial charge in [-0.2, -0.15) is 21.3 Å². The predicted octanol–water partition coefficient (Wildman–Crippen LogP) is 2.28. The molecule has 0 aliphatic heterocycles. The van der Waals surface area contributed by atoms with Gasteiger partial charge >= 0.3 is 0 Å². The van der Waals surface area contributed by atoms with Crippen LogP contribution >= 0.6 is 23.1 Å². The van der Waals surface area contributed by atoms with Crippen molar-refractivity contribution in [3.63, 3.8) is 0 Å². The van der Waals surface area contributed by atoms with Crippen molar-refractivity contribution >= 4 is 46.7 Å². The van der Waals surface area contributed by atoms with Crippen molar-refractivity contribution in [3.8, 4) is 0 Å². The summed E-state index contributed by atoms with van der Waals surface area (Å²) in [5, 5.41) is 22.3. The number of hydrogen-bond donors (Lipinski definition) is 3. The SMILES string of the molecule is CCNc1nc(NCC)n2c(SCC(=O)NC(C)Cc3ccsc3)nnc2n1. The quantitative estimate of drug-likeness (QED) is 0.429. The lowest BCUT2D eigenvalue weighted by Gasteiger charge is -2.13. The van der Waals surface area contributed by atoms with Gasteiger partial charge in [0.2, 0.25) is 17.8 Å². The average Bonchev–Trinajstić information content (AvgIpc) is 3.30. The van der Waals surface area contributed by atoms with E-state index in [1.807, 2.05) is 26.2 Å². The zero-order chi connectivity index (χ0) is 19.9. The highest BCUT2D eigenvalue weighted by molar-refractivity contribution is 7.99. The first-order chi connectivity index (χ1) is 13.6. The molecule has 0 saturated heterocycles. The van der Waals surface area contributed by atoms with Crippen LogP contribution in [0.3, 0.4) is 0 Å². The Morgan fingerprint density at radius 2 is 2.07 bits per heavy atom. The van der Waals surface area contributed by atoms with Gasteiger partial charge in [0.15, 0.2) is 5.16 Å². The molecule has 0 fully saturated rings. The number of carbonyl (C=O) groups is 1. The number of anilines is 2. The number of thiophene rings is 1. The number of rotatable bonds is 10. The van der Waals surface area contributed by atoms with Crippen molar-refractivity contribution in [3.05, 3.63) is 22.4 Å². The topological polar surface area (TPSA) is 109 Å². The van der Waals surface area contributed by atoms with Gasteiger partial charge in [-0.3, -0.25) is 4.79 Å². The maximum absolute atomic E-state index is 12.3. The smallest absolute Gasteiger partial charge is 0.261 e. The number of nitrogens with one attached hydrogen (secondary N) is 3. The van der Waals surface area contributed by atoms with Crippen LogP contribution in [0.5, 0.6) is 0 Å². The molecular formula is C17H24N8OS2. The number of nitrogens with zero attached hydrogens (tertiary/aromatic N) is 5. The van der Waals surface area contributed by atoms with Gasteiger partial charge in [-0.25, -0.2) is 4.40 Å². The Labute approximate surface area is 171 Å². The van der Waals surface area contributed by atoms with Crippen LogP contribution < -0.4 is 16.0 Å². The average molecular weight is 421 g/mol. The third-order valence-electron chi connectivity index (χ3n) is 3.78. The largest absolute Gasteiger partial charge is 0.355 e. The molecule has 1 amide bonds. The molecule has 0 radical (unpaired) electrons. The first kappa shape index (κ1) is 20.3. The second-order valence-corrected chi connectivity index (χ2v) is 7.86. The highest BCUT2D eigenvalue weighted by Crippen LogP contribution is 2.21. The molecule has 9 nitrogen and oxygen atoms in total. The Hall–Kier alpha value is -2.40. The minimum absolute atomic E-state index is 0.0420. The van der Waals surface area contributed by atoms with Gasteiger partial charge in [0, 0.05) is 19.1 Å². The van der Waals surface area contributed by atoms with Crippen molar-refractivity contribution in [2.24, 2.45) is 0 Å². The Morgan fingerprint density at radius 3 is 2.79 bits per heavy atom. The standard InChI is InChI=1S/C17H24N8OS2/c1-4-18-14-21-15(19-5-2)25-16(22-14)23-24-17(25)28-10-13(26)20-11(3)8-12-6-7-27-9-12/h6-7,9,11H,4-5,8,10H2,1-3H3,(H,20,26)(H2,18,19,21,22,23). The minimum atomic E-state index is -0.0420. The van der Waals surface area contributed by atoms with Crippen LogP contribution in [0.1, 0.15) is 26.3 Å². The zero-order valence-electron chi connectivity index (χ0n) is 16.1. The summed E-state index contributed by atoms with van der Waals surface area (Å²) < 4.78 is 1.73. The number of amides is 1. The van der Waals surface area contributed by atoms with Gasteiger partial charge in [0.05, 0.1) is 5.75 Å². The molecule has 1 atom stereocenters. The molecule has 3 aromatic heterocycles. The predicted molar refractivity (Wildman–Crippen MR) is 113 cm³/mol. The van der Waals surface area contributed by atoms with E-state index in [2.05, 4.69) is 47.6 Å². The summed E-state index contributed by atoms with van der Waals surface area (Å²) in [6, 6.07) is 2.15. The molecule has 0 spiro atoms. The molecule has 150 valence electrons. The third-order valence-corrected chi connectivity index (χ3v) is 5.44. The van der Waals surface area contributed by atoms with Gasteiger partial charge in [-0.15, -0.1) is 10.2 Å². The van der Waals surface area contributed by atoms with Gasteiger partial charge in [-0.1, -0.05) is 11.8 Å². The molecule has 3 N–H and O–H groups in total. The molecule has 0 aromatic carbocycles. The molecule has 0 saturated carbocycles. The van der Waals surface area contributed by atoms with E-state index >= 15 is 0 Å². The molecule has 28 heavy (non-hydrogen) atoms. The van der Waals surface area contributed by atoms with Crippen LogP contribution in [0.15, 0.2) is 22.0 Å². The molecule has 3 heterocycles. The molecule has 0 bridgehead atoms. The maximum atomic E-state index is 12.3. The van der Waals surface area contributed by atoms with Crippen LogP contribution in [0.2, 0.25) is 0 Å². The summed E-state index contributed by atoms with van der Waals surface area (Å²) in [7, 11) is 0. The Balaban J connectivity index is 1.65. The van der Waals surface area contributed by atoms with Crippen molar-refractivity contribution < 1.29 is 4.79 Å². The van der Waals surface area contributed by atoms with Crippen molar-refractivity contribution in [1.29, 1.82) is 0 Å². The summed E-state index contributed by atoms with van der Waals surface area (Å²) in [6.07, 6.45) is 0.819. The number of carbonyl (C=O) groups excluding carboxylic acids is 1. The third kappa shape index (κ3) is 5.10. The molecule has 11 heteroatoms. The summed E-state index contributed by atoms with van der Waals surface area (Å²) in [6.45, 7) is 7.37. The maximum Gasteiger partial charge on any atom is 0.261 e. The second-order valence-electron chi connectivity index (χ2n) is 6.14. The number of aromatic nitrogens is 5. The summed E-state index contributed by atoms with van der Waals surface area (Å²) in [4.78, 5) is 21.1. The van der Waals surface area contributed by atoms with Crippen LogP contribution in [-0.4, -0.2) is 55.4 Å². The van der Waals surface area contributed by atoms with E-state index in [9.17, 15) is 4.79 Å². The highest BCUT2D eigenvalue weighted by atomic mass is 32.2. The van der Waals surface area contributed by atoms with Gasteiger partial charge in [0.1, 0.15) is 0 Å². The molecule has 1 unspecified atom stereocenters. The monoisotopic (exact) mass is 420 g/mol. The van der Waals surface area contributed by atoms with E-state index < -0.39 is 0 Å². The van der Waals surface area contributed by atoms with Crippen molar-refractivity contribution in [2.45, 2.75) is 38.4 Å². The lowest BCUT2D eigenvalue weighted by molar-refractivity contribution is -0.119. The van der Waals surface area contributed by atoms with Crippen LogP contribution in [0.25, 0.3) is 5.78 Å². The normalized spacial score (nSPS) is 12.1. The fourth-order valence-electron chi connectivity index (χ4n) is 2.66. The second kappa shape index (κ2) is 9.69. The highest BCUT2D eigenvalue weighted by Gasteiger charge is 2.16. The van der Waals surface area contributed by atoms with Gasteiger partial charge in [0.25, 0.3) is 5.78 Å². The molecule has 0 aliphatic rings. The molecule has 3 aromatic rings. The van der Waals surface area contributed by atoms with E-state index in [1.165, 1.54) is 17.3 Å². The van der Waals surface area contributed by atoms with Gasteiger partial charge < -0.3 is 16.0 Å². The zero-order valence-corrected chi connectivity index (χ0v) is 17.7. The van der Waals surface area contributed by atoms with Crippen LogP contribution in [0, 0.1) is 0 Å². The van der Waals surface area contributed by atoms with E-state index in [-0.39, 0.29) is 17.7 Å². The first-order valence-electron chi connectivity index (χ1n) is 9.14. The fraction of sp³-hybridized carbons (Fsp3) is 0.471. The van der Waals surface area contributed by atoms with Crippen molar-refractivity contribution in [1.82, 2.24) is 29.9 Å². The van der Waals surface area contributed by atoms with Gasteiger partial charge in [-0.05, 0) is 49.6 Å².